The molecule has 4 aliphatic rings. The van der Waals surface area contributed by atoms with Crippen LogP contribution >= 0.6 is 0 Å². The average molecular weight is 542 g/mol. The number of nitrogens with zero attached hydrogens (tertiary/aromatic N) is 4. The second kappa shape index (κ2) is 8.64. The van der Waals surface area contributed by atoms with Gasteiger partial charge in [0.25, 0.3) is 11.5 Å². The standard InChI is InChI=1S/C31H35N5O4/c1-30(2)13-18-12-24-29(40)36(10-9-35(24)25(18)15-30)26-21(17-37)20(5-8-32-26)19-11-23(28(39)34(3)16-19)33-27(38)22-14-31(22)6-4-7-31/h5,8,11-12,16,22,37H,4,6-7,9-10,13-15,17H2,1-3H3,(H,33,38). The summed E-state index contributed by atoms with van der Waals surface area (Å²) < 4.78 is 3.60. The van der Waals surface area contributed by atoms with Crippen LogP contribution in [0.25, 0.3) is 11.1 Å². The van der Waals surface area contributed by atoms with Crippen molar-refractivity contribution in [3.63, 3.8) is 0 Å². The van der Waals surface area contributed by atoms with E-state index in [1.54, 1.807) is 36.5 Å². The monoisotopic (exact) mass is 541 g/mol. The zero-order valence-electron chi connectivity index (χ0n) is 23.3. The third-order valence-electron chi connectivity index (χ3n) is 9.68. The largest absolute Gasteiger partial charge is 0.392 e. The number of hydrogen-bond donors (Lipinski definition) is 2. The van der Waals surface area contributed by atoms with Crippen LogP contribution in [0.3, 0.4) is 0 Å². The second-order valence-electron chi connectivity index (χ2n) is 13.0. The Morgan fingerprint density at radius 3 is 2.67 bits per heavy atom. The third-order valence-corrected chi connectivity index (χ3v) is 9.68. The summed E-state index contributed by atoms with van der Waals surface area (Å²) in [5.41, 5.74) is 5.30. The number of carbonyl (C=O) groups is 2. The minimum Gasteiger partial charge on any atom is -0.392 e. The minimum atomic E-state index is -0.330. The molecule has 0 saturated heterocycles. The Morgan fingerprint density at radius 1 is 1.18 bits per heavy atom. The van der Waals surface area contributed by atoms with E-state index in [4.69, 9.17) is 0 Å². The first kappa shape index (κ1) is 25.3. The van der Waals surface area contributed by atoms with E-state index in [9.17, 15) is 19.5 Å². The van der Waals surface area contributed by atoms with Crippen molar-refractivity contribution in [3.8, 4) is 11.1 Å². The number of aliphatic hydroxyl groups excluding tert-OH is 1. The Balaban J connectivity index is 1.21. The Hall–Kier alpha value is -3.72. The predicted molar refractivity (Wildman–Crippen MR) is 151 cm³/mol. The molecule has 9 heteroatoms. The molecule has 2 N–H and O–H groups in total. The van der Waals surface area contributed by atoms with Crippen molar-refractivity contribution in [1.82, 2.24) is 14.1 Å². The highest BCUT2D eigenvalue weighted by atomic mass is 16.3. The van der Waals surface area contributed by atoms with Gasteiger partial charge < -0.3 is 19.6 Å². The maximum absolute atomic E-state index is 13.7. The van der Waals surface area contributed by atoms with Crippen molar-refractivity contribution >= 4 is 23.3 Å². The molecular formula is C31H35N5O4. The molecule has 3 aliphatic carbocycles. The molecule has 0 aromatic carbocycles. The van der Waals surface area contributed by atoms with Crippen LogP contribution < -0.4 is 15.8 Å². The minimum absolute atomic E-state index is 0.0216. The third kappa shape index (κ3) is 3.78. The number of fused-ring (bicyclic) bond motifs is 3. The first-order valence-corrected chi connectivity index (χ1v) is 14.2. The smallest absolute Gasteiger partial charge is 0.276 e. The fourth-order valence-electron chi connectivity index (χ4n) is 7.32. The molecule has 9 nitrogen and oxygen atoms in total. The molecule has 1 spiro atoms. The van der Waals surface area contributed by atoms with E-state index >= 15 is 0 Å². The summed E-state index contributed by atoms with van der Waals surface area (Å²) in [6.07, 6.45) is 9.47. The van der Waals surface area contributed by atoms with E-state index in [1.165, 1.54) is 22.2 Å². The van der Waals surface area contributed by atoms with Crippen molar-refractivity contribution in [2.45, 2.75) is 65.5 Å². The average Bonchev–Trinajstić information content (AvgIpc) is 3.50. The number of aromatic nitrogens is 3. The molecule has 208 valence electrons. The second-order valence-corrected chi connectivity index (χ2v) is 13.0. The highest BCUT2D eigenvalue weighted by Gasteiger charge is 2.60. The van der Waals surface area contributed by atoms with E-state index in [-0.39, 0.29) is 46.4 Å². The van der Waals surface area contributed by atoms with Gasteiger partial charge in [-0.2, -0.15) is 0 Å². The lowest BCUT2D eigenvalue weighted by atomic mass is 9.79. The van der Waals surface area contributed by atoms with E-state index in [2.05, 4.69) is 28.7 Å². The van der Waals surface area contributed by atoms with Gasteiger partial charge in [-0.05, 0) is 72.3 Å². The topological polar surface area (TPSA) is 109 Å². The highest BCUT2D eigenvalue weighted by molar-refractivity contribution is 6.06. The molecular weight excluding hydrogens is 506 g/mol. The zero-order chi connectivity index (χ0) is 28.0. The van der Waals surface area contributed by atoms with Crippen LogP contribution in [-0.2, 0) is 37.8 Å². The molecule has 1 unspecified atom stereocenters. The Labute approximate surface area is 232 Å². The first-order chi connectivity index (χ1) is 19.1. The Bertz CT molecular complexity index is 1640. The van der Waals surface area contributed by atoms with Crippen LogP contribution in [0.4, 0.5) is 11.5 Å². The zero-order valence-corrected chi connectivity index (χ0v) is 23.3. The predicted octanol–water partition coefficient (Wildman–Crippen LogP) is 3.66. The van der Waals surface area contributed by atoms with Crippen LogP contribution in [0.15, 0.2) is 35.4 Å². The highest BCUT2D eigenvalue weighted by Crippen LogP contribution is 2.65. The maximum Gasteiger partial charge on any atom is 0.276 e. The molecule has 0 radical (unpaired) electrons. The van der Waals surface area contributed by atoms with Gasteiger partial charge in [0.1, 0.15) is 17.2 Å². The van der Waals surface area contributed by atoms with Crippen LogP contribution in [0.1, 0.15) is 66.8 Å². The van der Waals surface area contributed by atoms with E-state index in [1.807, 2.05) is 6.07 Å². The van der Waals surface area contributed by atoms with Crippen LogP contribution in [-0.4, -0.2) is 37.6 Å². The van der Waals surface area contributed by atoms with Crippen molar-refractivity contribution in [2.24, 2.45) is 23.8 Å². The molecule has 2 amide bonds. The molecule has 4 heterocycles. The van der Waals surface area contributed by atoms with Gasteiger partial charge in [-0.25, -0.2) is 4.98 Å². The van der Waals surface area contributed by atoms with Gasteiger partial charge in [-0.15, -0.1) is 0 Å². The Kier molecular flexibility index (Phi) is 5.45. The van der Waals surface area contributed by atoms with E-state index in [0.717, 1.165) is 32.1 Å². The van der Waals surface area contributed by atoms with E-state index in [0.29, 0.717) is 41.3 Å². The van der Waals surface area contributed by atoms with Crippen LogP contribution in [0, 0.1) is 16.7 Å². The number of pyridine rings is 2. The molecule has 1 aliphatic heterocycles. The molecule has 2 fully saturated rings. The fourth-order valence-corrected chi connectivity index (χ4v) is 7.32. The number of carbonyl (C=O) groups excluding carboxylic acids is 2. The SMILES string of the molecule is Cn1cc(-c2ccnc(N3CCn4c(cc5c4CC(C)(C)C5)C3=O)c2CO)cc(NC(=O)C2CC23CCC3)c1=O. The first-order valence-electron chi connectivity index (χ1n) is 14.2. The summed E-state index contributed by atoms with van der Waals surface area (Å²) in [4.78, 5) is 45.8. The van der Waals surface area contributed by atoms with Gasteiger partial charge in [0.2, 0.25) is 5.91 Å². The van der Waals surface area contributed by atoms with Crippen molar-refractivity contribution in [2.75, 3.05) is 16.8 Å². The van der Waals surface area contributed by atoms with E-state index < -0.39 is 0 Å². The summed E-state index contributed by atoms with van der Waals surface area (Å²) in [5.74, 6) is 0.179. The summed E-state index contributed by atoms with van der Waals surface area (Å²) in [5, 5.41) is 13.4. The molecule has 3 aromatic heterocycles. The number of aryl methyl sites for hydroxylation is 1. The van der Waals surface area contributed by atoms with Crippen LogP contribution in [0.5, 0.6) is 0 Å². The fraction of sp³-hybridized carbons (Fsp3) is 0.484. The number of hydrogen-bond acceptors (Lipinski definition) is 5. The van der Waals surface area contributed by atoms with Crippen molar-refractivity contribution in [3.05, 3.63) is 63.5 Å². The van der Waals surface area contributed by atoms with Gasteiger partial charge >= 0.3 is 0 Å². The molecule has 3 aromatic rings. The summed E-state index contributed by atoms with van der Waals surface area (Å²) in [7, 11) is 1.65. The molecule has 7 rings (SSSR count). The maximum atomic E-state index is 13.7. The number of amides is 2. The molecule has 1 atom stereocenters. The molecule has 2 saturated carbocycles. The van der Waals surface area contributed by atoms with Crippen LogP contribution in [0.2, 0.25) is 0 Å². The van der Waals surface area contributed by atoms with Gasteiger partial charge in [-0.3, -0.25) is 19.3 Å². The summed E-state index contributed by atoms with van der Waals surface area (Å²) in [6.45, 7) is 5.30. The lowest BCUT2D eigenvalue weighted by Crippen LogP contribution is -2.41. The summed E-state index contributed by atoms with van der Waals surface area (Å²) >= 11 is 0. The normalized spacial score (nSPS) is 21.6. The van der Waals surface area contributed by atoms with Crippen molar-refractivity contribution < 1.29 is 14.7 Å². The van der Waals surface area contributed by atoms with Gasteiger partial charge in [0, 0.05) is 55.3 Å². The number of anilines is 2. The van der Waals surface area contributed by atoms with Gasteiger partial charge in [0.05, 0.1) is 6.61 Å². The molecule has 0 bridgehead atoms. The van der Waals surface area contributed by atoms with Crippen molar-refractivity contribution in [1.29, 1.82) is 0 Å². The lowest BCUT2D eigenvalue weighted by molar-refractivity contribution is -0.118. The van der Waals surface area contributed by atoms with Gasteiger partial charge in [-0.1, -0.05) is 20.3 Å². The Morgan fingerprint density at radius 2 is 1.98 bits per heavy atom. The summed E-state index contributed by atoms with van der Waals surface area (Å²) in [6, 6.07) is 5.47. The number of rotatable bonds is 5. The number of nitrogens with one attached hydrogen (secondary N) is 1. The quantitative estimate of drug-likeness (QED) is 0.513. The molecule has 40 heavy (non-hydrogen) atoms. The van der Waals surface area contributed by atoms with Gasteiger partial charge in [0.15, 0.2) is 0 Å². The number of aliphatic hydroxyl groups is 1. The lowest BCUT2D eigenvalue weighted by Gasteiger charge is -2.31.